The number of hydrogen-bond donors (Lipinski definition) is 1. The number of benzene rings is 2. The van der Waals surface area contributed by atoms with Crippen molar-refractivity contribution >= 4 is 21.5 Å². The van der Waals surface area contributed by atoms with Gasteiger partial charge in [-0.05, 0) is 41.5 Å². The highest BCUT2D eigenvalue weighted by molar-refractivity contribution is 7.92. The Morgan fingerprint density at radius 1 is 1.00 bits per heavy atom. The summed E-state index contributed by atoms with van der Waals surface area (Å²) in [5, 5.41) is -0.497. The van der Waals surface area contributed by atoms with Gasteiger partial charge in [0.1, 0.15) is 5.82 Å². The summed E-state index contributed by atoms with van der Waals surface area (Å²) in [5.74, 6) is -0.119. The minimum absolute atomic E-state index is 0.164. The summed E-state index contributed by atoms with van der Waals surface area (Å²) in [7, 11) is -3.56. The molecule has 2 aliphatic rings. The fourth-order valence-corrected chi connectivity index (χ4v) is 6.07. The molecule has 34 heavy (non-hydrogen) atoms. The van der Waals surface area contributed by atoms with Gasteiger partial charge in [0.05, 0.1) is 23.4 Å². The molecule has 0 saturated carbocycles. The Kier molecular flexibility index (Phi) is 6.20. The largest absolute Gasteiger partial charge is 0.378 e. The number of rotatable bonds is 6. The van der Waals surface area contributed by atoms with Crippen molar-refractivity contribution in [3.8, 4) is 11.1 Å². The van der Waals surface area contributed by atoms with Crippen molar-refractivity contribution in [2.75, 3.05) is 50.0 Å². The lowest BCUT2D eigenvalue weighted by molar-refractivity contribution is 0.122. The van der Waals surface area contributed by atoms with Gasteiger partial charge in [-0.1, -0.05) is 12.1 Å². The van der Waals surface area contributed by atoms with E-state index < -0.39 is 15.1 Å². The summed E-state index contributed by atoms with van der Waals surface area (Å²) >= 11 is 0. The van der Waals surface area contributed by atoms with Crippen LogP contribution < -0.4 is 10.6 Å². The molecule has 10 heteroatoms. The van der Waals surface area contributed by atoms with E-state index in [2.05, 4.69) is 19.8 Å². The van der Waals surface area contributed by atoms with E-state index in [1.807, 2.05) is 6.07 Å². The van der Waals surface area contributed by atoms with Gasteiger partial charge in [0.15, 0.2) is 9.84 Å². The van der Waals surface area contributed by atoms with Crippen LogP contribution in [0.1, 0.15) is 5.56 Å². The Balaban J connectivity index is 1.40. The van der Waals surface area contributed by atoms with E-state index in [1.165, 1.54) is 12.1 Å². The predicted molar refractivity (Wildman–Crippen MR) is 128 cm³/mol. The number of sulfone groups is 1. The number of morpholine rings is 1. The average Bonchev–Trinajstić information content (AvgIpc) is 2.83. The summed E-state index contributed by atoms with van der Waals surface area (Å²) in [6.07, 6.45) is 3.20. The molecule has 2 fully saturated rings. The maximum atomic E-state index is 13.6. The van der Waals surface area contributed by atoms with E-state index in [4.69, 9.17) is 10.5 Å². The minimum Gasteiger partial charge on any atom is -0.378 e. The van der Waals surface area contributed by atoms with E-state index in [0.29, 0.717) is 51.5 Å². The zero-order valence-electron chi connectivity index (χ0n) is 18.6. The number of likely N-dealkylation sites (tertiary alicyclic amines) is 1. The molecule has 2 N–H and O–H groups in total. The highest BCUT2D eigenvalue weighted by Gasteiger charge is 2.38. The van der Waals surface area contributed by atoms with E-state index in [-0.39, 0.29) is 16.7 Å². The van der Waals surface area contributed by atoms with Crippen LogP contribution in [0.3, 0.4) is 0 Å². The second kappa shape index (κ2) is 9.28. The smallest absolute Gasteiger partial charge is 0.219 e. The van der Waals surface area contributed by atoms with Crippen molar-refractivity contribution in [2.45, 2.75) is 16.7 Å². The monoisotopic (exact) mass is 483 g/mol. The first-order chi connectivity index (χ1) is 16.4. The number of nitrogen functional groups attached to an aromatic ring is 1. The number of ether oxygens (including phenoxy) is 1. The van der Waals surface area contributed by atoms with Crippen molar-refractivity contribution in [3.05, 3.63) is 66.2 Å². The van der Waals surface area contributed by atoms with Crippen LogP contribution in [-0.4, -0.2) is 67.9 Å². The van der Waals surface area contributed by atoms with Gasteiger partial charge in [0.2, 0.25) is 5.95 Å². The molecule has 0 bridgehead atoms. The molecule has 0 radical (unpaired) electrons. The highest BCUT2D eigenvalue weighted by Crippen LogP contribution is 2.33. The molecule has 0 spiro atoms. The maximum absolute atomic E-state index is 13.6. The third kappa shape index (κ3) is 4.75. The zero-order valence-corrected chi connectivity index (χ0v) is 19.4. The van der Waals surface area contributed by atoms with Crippen LogP contribution in [0.5, 0.6) is 0 Å². The normalized spacial score (nSPS) is 17.5. The Morgan fingerprint density at radius 2 is 1.68 bits per heavy atom. The molecule has 0 unspecified atom stereocenters. The van der Waals surface area contributed by atoms with Crippen molar-refractivity contribution in [2.24, 2.45) is 0 Å². The Bertz CT molecular complexity index is 1260. The molecule has 0 atom stereocenters. The first-order valence-electron chi connectivity index (χ1n) is 11.1. The fourth-order valence-electron chi connectivity index (χ4n) is 4.29. The van der Waals surface area contributed by atoms with Crippen LogP contribution in [0.4, 0.5) is 16.0 Å². The van der Waals surface area contributed by atoms with E-state index in [0.717, 1.165) is 16.8 Å². The molecule has 0 aliphatic carbocycles. The van der Waals surface area contributed by atoms with E-state index in [1.54, 1.807) is 36.7 Å². The van der Waals surface area contributed by atoms with Gasteiger partial charge in [-0.25, -0.2) is 22.8 Å². The molecule has 2 aromatic carbocycles. The van der Waals surface area contributed by atoms with Crippen LogP contribution in [0.25, 0.3) is 11.1 Å². The van der Waals surface area contributed by atoms with Gasteiger partial charge in [-0.2, -0.15) is 0 Å². The van der Waals surface area contributed by atoms with E-state index >= 15 is 0 Å². The first-order valence-corrected chi connectivity index (χ1v) is 12.7. The summed E-state index contributed by atoms with van der Waals surface area (Å²) in [4.78, 5) is 12.6. The van der Waals surface area contributed by atoms with Crippen LogP contribution in [0, 0.1) is 5.82 Å². The molecular weight excluding hydrogens is 457 g/mol. The third-order valence-corrected chi connectivity index (χ3v) is 8.35. The molecular formula is C24H26FN5O3S. The van der Waals surface area contributed by atoms with Crippen molar-refractivity contribution in [3.63, 3.8) is 0 Å². The Labute approximate surface area is 198 Å². The van der Waals surface area contributed by atoms with Gasteiger partial charge in [0, 0.05) is 56.4 Å². The molecule has 2 saturated heterocycles. The topological polar surface area (TPSA) is 102 Å². The Hall–Kier alpha value is -3.08. The molecule has 5 rings (SSSR count). The fraction of sp³-hybridized carbons (Fsp3) is 0.333. The van der Waals surface area contributed by atoms with Crippen LogP contribution in [0.2, 0.25) is 0 Å². The lowest BCUT2D eigenvalue weighted by atomic mass is 10.1. The number of halogens is 1. The van der Waals surface area contributed by atoms with Crippen LogP contribution >= 0.6 is 0 Å². The molecule has 178 valence electrons. The van der Waals surface area contributed by atoms with Crippen molar-refractivity contribution < 1.29 is 17.5 Å². The second-order valence-corrected chi connectivity index (χ2v) is 10.9. The summed E-state index contributed by atoms with van der Waals surface area (Å²) in [5.41, 5.74) is 8.84. The van der Waals surface area contributed by atoms with E-state index in [9.17, 15) is 12.8 Å². The maximum Gasteiger partial charge on any atom is 0.219 e. The second-order valence-electron chi connectivity index (χ2n) is 8.63. The molecule has 3 aromatic rings. The zero-order chi connectivity index (χ0) is 23.7. The van der Waals surface area contributed by atoms with Crippen LogP contribution in [-0.2, 0) is 21.1 Å². The summed E-state index contributed by atoms with van der Waals surface area (Å²) < 4.78 is 45.7. The highest BCUT2D eigenvalue weighted by atomic mass is 32.2. The lowest BCUT2D eigenvalue weighted by Crippen LogP contribution is -2.53. The molecule has 0 amide bonds. The van der Waals surface area contributed by atoms with Crippen LogP contribution in [0.15, 0.2) is 59.8 Å². The van der Waals surface area contributed by atoms with Crippen molar-refractivity contribution in [1.29, 1.82) is 0 Å². The van der Waals surface area contributed by atoms with Gasteiger partial charge in [-0.3, -0.25) is 4.90 Å². The molecule has 8 nitrogen and oxygen atoms in total. The number of nitrogens with two attached hydrogens (primary N) is 1. The minimum atomic E-state index is -3.56. The standard InChI is InChI=1S/C24H26FN5O3S/c25-20-3-1-17(2-4-20)14-29-15-23(16-29)34(31,32)22-10-18(19-12-27-24(26)28-13-19)9-21(11-22)30-5-7-33-8-6-30/h1-4,9-13,23H,5-8,14-16H2,(H2,26,27,28). The average molecular weight is 484 g/mol. The summed E-state index contributed by atoms with van der Waals surface area (Å²) in [6.45, 7) is 4.03. The number of hydrogen-bond acceptors (Lipinski definition) is 8. The van der Waals surface area contributed by atoms with Crippen molar-refractivity contribution in [1.82, 2.24) is 14.9 Å². The summed E-state index contributed by atoms with van der Waals surface area (Å²) in [6, 6.07) is 11.7. The molecule has 2 aliphatic heterocycles. The number of anilines is 2. The van der Waals surface area contributed by atoms with Gasteiger partial charge >= 0.3 is 0 Å². The number of nitrogens with zero attached hydrogens (tertiary/aromatic N) is 4. The molecule has 1 aromatic heterocycles. The third-order valence-electron chi connectivity index (χ3n) is 6.28. The van der Waals surface area contributed by atoms with Gasteiger partial charge in [0.25, 0.3) is 0 Å². The number of aromatic nitrogens is 2. The predicted octanol–water partition coefficient (Wildman–Crippen LogP) is 2.36. The SMILES string of the molecule is Nc1ncc(-c2cc(N3CCOCC3)cc(S(=O)(=O)C3CN(Cc4ccc(F)cc4)C3)c2)cn1. The lowest BCUT2D eigenvalue weighted by Gasteiger charge is -2.39. The quantitative estimate of drug-likeness (QED) is 0.570. The van der Waals surface area contributed by atoms with Gasteiger partial charge in [-0.15, -0.1) is 0 Å². The molecule has 3 heterocycles. The van der Waals surface area contributed by atoms with Gasteiger partial charge < -0.3 is 15.4 Å². The first kappa shape index (κ1) is 22.7. The Morgan fingerprint density at radius 3 is 2.35 bits per heavy atom.